The van der Waals surface area contributed by atoms with Crippen molar-refractivity contribution in [3.63, 3.8) is 0 Å². The van der Waals surface area contributed by atoms with Crippen LogP contribution in [0.15, 0.2) is 36.5 Å². The number of methoxy groups -OCH3 is 1. The molecule has 0 radical (unpaired) electrons. The van der Waals surface area contributed by atoms with Crippen LogP contribution in [-0.2, 0) is 11.8 Å². The second-order valence-electron chi connectivity index (χ2n) is 6.55. The average molecular weight is 380 g/mol. The van der Waals surface area contributed by atoms with Gasteiger partial charge >= 0.3 is 0 Å². The molecule has 2 N–H and O–H groups in total. The molecule has 0 atom stereocenters. The van der Waals surface area contributed by atoms with Crippen LogP contribution in [0.2, 0.25) is 0 Å². The van der Waals surface area contributed by atoms with Crippen LogP contribution in [0.5, 0.6) is 0 Å². The Balaban J connectivity index is 1.80. The molecule has 8 heteroatoms. The molecule has 0 aliphatic carbocycles. The van der Waals surface area contributed by atoms with Gasteiger partial charge in [-0.15, -0.1) is 0 Å². The van der Waals surface area contributed by atoms with Gasteiger partial charge in [0.2, 0.25) is 5.95 Å². The normalized spacial score (nSPS) is 10.7. The van der Waals surface area contributed by atoms with E-state index in [-0.39, 0.29) is 5.91 Å². The number of aromatic nitrogens is 4. The Bertz CT molecular complexity index is 962. The van der Waals surface area contributed by atoms with E-state index in [1.54, 1.807) is 32.5 Å². The molecule has 8 nitrogen and oxygen atoms in total. The molecule has 0 fully saturated rings. The SMILES string of the molecule is COCCNC(=O)c1cc(-c2ccnc(Nc3cc(C)cc(C)c3)n2)nn1C. The van der Waals surface area contributed by atoms with E-state index in [9.17, 15) is 4.79 Å². The van der Waals surface area contributed by atoms with Crippen LogP contribution in [-0.4, -0.2) is 45.9 Å². The molecule has 28 heavy (non-hydrogen) atoms. The number of amides is 1. The average Bonchev–Trinajstić information content (AvgIpc) is 3.03. The number of anilines is 2. The molecule has 2 aromatic heterocycles. The molecular weight excluding hydrogens is 356 g/mol. The van der Waals surface area contributed by atoms with Crippen molar-refractivity contribution in [1.82, 2.24) is 25.1 Å². The number of carbonyl (C=O) groups excluding carboxylic acids is 1. The summed E-state index contributed by atoms with van der Waals surface area (Å²) in [5.74, 6) is 0.264. The smallest absolute Gasteiger partial charge is 0.269 e. The monoisotopic (exact) mass is 380 g/mol. The van der Waals surface area contributed by atoms with Gasteiger partial charge in [0, 0.05) is 32.6 Å². The highest BCUT2D eigenvalue weighted by Crippen LogP contribution is 2.21. The van der Waals surface area contributed by atoms with Gasteiger partial charge in [-0.2, -0.15) is 5.10 Å². The third-order valence-corrected chi connectivity index (χ3v) is 4.10. The summed E-state index contributed by atoms with van der Waals surface area (Å²) < 4.78 is 6.49. The quantitative estimate of drug-likeness (QED) is 0.612. The molecule has 0 bridgehead atoms. The summed E-state index contributed by atoms with van der Waals surface area (Å²) in [5.41, 5.74) is 4.93. The Labute approximate surface area is 164 Å². The van der Waals surface area contributed by atoms with Crippen molar-refractivity contribution < 1.29 is 9.53 Å². The number of nitrogens with one attached hydrogen (secondary N) is 2. The fourth-order valence-electron chi connectivity index (χ4n) is 2.90. The third kappa shape index (κ3) is 4.72. The fourth-order valence-corrected chi connectivity index (χ4v) is 2.90. The lowest BCUT2D eigenvalue weighted by atomic mass is 10.1. The van der Waals surface area contributed by atoms with Crippen LogP contribution in [0, 0.1) is 13.8 Å². The van der Waals surface area contributed by atoms with Crippen LogP contribution in [0.4, 0.5) is 11.6 Å². The van der Waals surface area contributed by atoms with Crippen LogP contribution >= 0.6 is 0 Å². The van der Waals surface area contributed by atoms with Gasteiger partial charge < -0.3 is 15.4 Å². The molecule has 146 valence electrons. The van der Waals surface area contributed by atoms with Crippen molar-refractivity contribution >= 4 is 17.5 Å². The molecule has 0 saturated heterocycles. The zero-order valence-electron chi connectivity index (χ0n) is 16.5. The van der Waals surface area contributed by atoms with Gasteiger partial charge in [0.1, 0.15) is 11.4 Å². The second kappa shape index (κ2) is 8.62. The highest BCUT2D eigenvalue weighted by molar-refractivity contribution is 5.93. The van der Waals surface area contributed by atoms with Crippen molar-refractivity contribution in [2.24, 2.45) is 7.05 Å². The topological polar surface area (TPSA) is 94.0 Å². The van der Waals surface area contributed by atoms with Gasteiger partial charge in [0.05, 0.1) is 12.3 Å². The fraction of sp³-hybridized carbons (Fsp3) is 0.300. The second-order valence-corrected chi connectivity index (χ2v) is 6.55. The van der Waals surface area contributed by atoms with Crippen molar-refractivity contribution in [1.29, 1.82) is 0 Å². The maximum atomic E-state index is 12.3. The third-order valence-electron chi connectivity index (χ3n) is 4.10. The largest absolute Gasteiger partial charge is 0.383 e. The van der Waals surface area contributed by atoms with Gasteiger partial charge in [0.15, 0.2) is 0 Å². The Kier molecular flexibility index (Phi) is 6.00. The number of hydrogen-bond donors (Lipinski definition) is 2. The van der Waals surface area contributed by atoms with Gasteiger partial charge in [-0.3, -0.25) is 9.48 Å². The maximum absolute atomic E-state index is 12.3. The van der Waals surface area contributed by atoms with Crippen LogP contribution in [0.1, 0.15) is 21.6 Å². The van der Waals surface area contributed by atoms with Crippen LogP contribution in [0.25, 0.3) is 11.4 Å². The highest BCUT2D eigenvalue weighted by atomic mass is 16.5. The van der Waals surface area contributed by atoms with Crippen LogP contribution < -0.4 is 10.6 Å². The summed E-state index contributed by atoms with van der Waals surface area (Å²) in [6.45, 7) is 4.98. The predicted molar refractivity (Wildman–Crippen MR) is 108 cm³/mol. The standard InChI is InChI=1S/C20H24N6O2/c1-13-9-14(2)11-15(10-13)23-20-22-6-5-16(24-20)17-12-18(26(3)25-17)19(27)21-7-8-28-4/h5-6,9-12H,7-8H2,1-4H3,(H,21,27)(H,22,23,24). The minimum atomic E-state index is -0.207. The lowest BCUT2D eigenvalue weighted by Crippen LogP contribution is -2.28. The Morgan fingerprint density at radius 2 is 1.89 bits per heavy atom. The first-order valence-electron chi connectivity index (χ1n) is 8.96. The van der Waals surface area contributed by atoms with E-state index in [2.05, 4.69) is 31.8 Å². The molecule has 1 aromatic carbocycles. The lowest BCUT2D eigenvalue weighted by molar-refractivity contribution is 0.0927. The molecule has 0 aliphatic heterocycles. The van der Waals surface area contributed by atoms with Gasteiger partial charge in [0.25, 0.3) is 5.91 Å². The maximum Gasteiger partial charge on any atom is 0.269 e. The lowest BCUT2D eigenvalue weighted by Gasteiger charge is -2.07. The Morgan fingerprint density at radius 1 is 1.14 bits per heavy atom. The number of ether oxygens (including phenoxy) is 1. The van der Waals surface area contributed by atoms with E-state index in [1.807, 2.05) is 26.0 Å². The summed E-state index contributed by atoms with van der Waals surface area (Å²) in [6, 6.07) is 9.65. The molecular formula is C20H24N6O2. The molecule has 3 rings (SSSR count). The number of rotatable bonds is 7. The first kappa shape index (κ1) is 19.5. The van der Waals surface area contributed by atoms with E-state index in [4.69, 9.17) is 4.74 Å². The molecule has 3 aromatic rings. The van der Waals surface area contributed by atoms with E-state index in [0.29, 0.717) is 36.2 Å². The number of aryl methyl sites for hydroxylation is 3. The van der Waals surface area contributed by atoms with Crippen molar-refractivity contribution in [2.75, 3.05) is 25.6 Å². The van der Waals surface area contributed by atoms with Crippen molar-refractivity contribution in [2.45, 2.75) is 13.8 Å². The zero-order valence-corrected chi connectivity index (χ0v) is 16.5. The van der Waals surface area contributed by atoms with E-state index in [1.165, 1.54) is 4.68 Å². The zero-order chi connectivity index (χ0) is 20.1. The van der Waals surface area contributed by atoms with E-state index in [0.717, 1.165) is 16.8 Å². The molecule has 2 heterocycles. The van der Waals surface area contributed by atoms with Crippen LogP contribution in [0.3, 0.4) is 0 Å². The first-order chi connectivity index (χ1) is 13.5. The summed E-state index contributed by atoms with van der Waals surface area (Å²) in [5, 5.41) is 10.4. The Hall–Kier alpha value is -3.26. The van der Waals surface area contributed by atoms with Crippen molar-refractivity contribution in [3.05, 3.63) is 53.3 Å². The Morgan fingerprint density at radius 3 is 2.61 bits per heavy atom. The molecule has 0 saturated carbocycles. The molecule has 0 unspecified atom stereocenters. The van der Waals surface area contributed by atoms with Gasteiger partial charge in [-0.25, -0.2) is 9.97 Å². The summed E-state index contributed by atoms with van der Waals surface area (Å²) in [4.78, 5) is 21.1. The molecule has 0 spiro atoms. The summed E-state index contributed by atoms with van der Waals surface area (Å²) in [7, 11) is 3.32. The minimum Gasteiger partial charge on any atom is -0.383 e. The minimum absolute atomic E-state index is 0.207. The molecule has 0 aliphatic rings. The van der Waals surface area contributed by atoms with Crippen molar-refractivity contribution in [3.8, 4) is 11.4 Å². The van der Waals surface area contributed by atoms with Gasteiger partial charge in [-0.05, 0) is 49.2 Å². The van der Waals surface area contributed by atoms with E-state index < -0.39 is 0 Å². The van der Waals surface area contributed by atoms with Gasteiger partial charge in [-0.1, -0.05) is 6.07 Å². The summed E-state index contributed by atoms with van der Waals surface area (Å²) >= 11 is 0. The first-order valence-corrected chi connectivity index (χ1v) is 8.96. The number of hydrogen-bond acceptors (Lipinski definition) is 6. The highest BCUT2D eigenvalue weighted by Gasteiger charge is 2.15. The number of benzene rings is 1. The van der Waals surface area contributed by atoms with E-state index >= 15 is 0 Å². The number of nitrogens with zero attached hydrogens (tertiary/aromatic N) is 4. The predicted octanol–water partition coefficient (Wildman–Crippen LogP) is 2.61. The summed E-state index contributed by atoms with van der Waals surface area (Å²) in [6.07, 6.45) is 1.67. The number of carbonyl (C=O) groups is 1. The molecule has 1 amide bonds.